The number of carboxylic acids is 1. The predicted octanol–water partition coefficient (Wildman–Crippen LogP) is 4.07. The number of pyridine rings is 3. The summed E-state index contributed by atoms with van der Waals surface area (Å²) in [5.74, 6) is -1.09. The minimum Gasteiger partial charge on any atom is -0.477 e. The largest absolute Gasteiger partial charge is 0.477 e. The highest BCUT2D eigenvalue weighted by atomic mass is 35.5. The standard InChI is InChI=1S/C30H30ClFN6O4/c1-35(2)20-14-36(15-20)27-8-7-18(13-34-27)38-16-22(30(40)41)28(39)21-11-23(31)26(12-25(21)38)37-10-4-5-19(37)17-42-29-24(32)6-3-9-33-29/h3,6-9,11-13,16,19-20H,4-5,10,14-15,17H2,1-2H3,(H,40,41)/t19-/m1/s1. The zero-order chi connectivity index (χ0) is 29.5. The minimum atomic E-state index is -1.32. The van der Waals surface area contributed by atoms with Gasteiger partial charge in [-0.05, 0) is 63.3 Å². The van der Waals surface area contributed by atoms with Gasteiger partial charge in [-0.1, -0.05) is 11.6 Å². The lowest BCUT2D eigenvalue weighted by Crippen LogP contribution is -2.57. The van der Waals surface area contributed by atoms with E-state index in [0.29, 0.717) is 34.5 Å². The molecule has 1 N–H and O–H groups in total. The third-order valence-electron chi connectivity index (χ3n) is 8.05. The number of ether oxygens (including phenoxy) is 1. The Kier molecular flexibility index (Phi) is 7.46. The predicted molar refractivity (Wildman–Crippen MR) is 159 cm³/mol. The second kappa shape index (κ2) is 11.2. The first-order valence-corrected chi connectivity index (χ1v) is 14.1. The molecule has 0 amide bonds. The fraction of sp³-hybridized carbons (Fsp3) is 0.333. The smallest absolute Gasteiger partial charge is 0.341 e. The number of nitrogens with zero attached hydrogens (tertiary/aromatic N) is 6. The first-order chi connectivity index (χ1) is 20.2. The maximum Gasteiger partial charge on any atom is 0.341 e. The van der Waals surface area contributed by atoms with E-state index in [-0.39, 0.29) is 29.5 Å². The van der Waals surface area contributed by atoms with Crippen LogP contribution in [0.4, 0.5) is 15.9 Å². The van der Waals surface area contributed by atoms with E-state index < -0.39 is 17.2 Å². The van der Waals surface area contributed by atoms with Crippen LogP contribution < -0.4 is 20.0 Å². The van der Waals surface area contributed by atoms with Gasteiger partial charge in [0.15, 0.2) is 5.82 Å². The van der Waals surface area contributed by atoms with Gasteiger partial charge in [0.2, 0.25) is 11.3 Å². The molecule has 0 bridgehead atoms. The van der Waals surface area contributed by atoms with Crippen molar-refractivity contribution in [3.8, 4) is 11.6 Å². The summed E-state index contributed by atoms with van der Waals surface area (Å²) in [6.45, 7) is 2.63. The SMILES string of the molecule is CN(C)C1CN(c2ccc(-n3cc(C(=O)O)c(=O)c4cc(Cl)c(N5CCC[C@@H]5COc5ncccc5F)cc43)cn2)C1. The molecule has 2 fully saturated rings. The highest BCUT2D eigenvalue weighted by Crippen LogP contribution is 2.36. The number of hydrogen-bond acceptors (Lipinski definition) is 8. The van der Waals surface area contributed by atoms with Crippen molar-refractivity contribution in [1.82, 2.24) is 19.4 Å². The number of aromatic carboxylic acids is 1. The number of anilines is 2. The molecule has 0 radical (unpaired) electrons. The topological polar surface area (TPSA) is 104 Å². The van der Waals surface area contributed by atoms with E-state index in [0.717, 1.165) is 31.7 Å². The molecule has 0 spiro atoms. The minimum absolute atomic E-state index is 0.0598. The van der Waals surface area contributed by atoms with E-state index in [1.165, 1.54) is 30.6 Å². The third kappa shape index (κ3) is 5.14. The van der Waals surface area contributed by atoms with Crippen LogP contribution in [0, 0.1) is 5.82 Å². The van der Waals surface area contributed by atoms with Crippen molar-refractivity contribution in [2.24, 2.45) is 0 Å². The summed E-state index contributed by atoms with van der Waals surface area (Å²) in [5.41, 5.74) is 0.799. The Balaban J connectivity index is 1.36. The van der Waals surface area contributed by atoms with Crippen molar-refractivity contribution >= 4 is 40.0 Å². The number of carboxylic acid groups (broad SMARTS) is 1. The molecule has 6 rings (SSSR count). The molecule has 3 aromatic heterocycles. The molecule has 4 aromatic rings. The van der Waals surface area contributed by atoms with Crippen LogP contribution in [-0.2, 0) is 0 Å². The number of benzene rings is 1. The van der Waals surface area contributed by atoms with Crippen LogP contribution in [0.2, 0.25) is 5.02 Å². The molecule has 0 saturated carbocycles. The highest BCUT2D eigenvalue weighted by molar-refractivity contribution is 6.34. The molecule has 1 aromatic carbocycles. The molecule has 0 unspecified atom stereocenters. The van der Waals surface area contributed by atoms with Crippen molar-refractivity contribution in [2.45, 2.75) is 24.9 Å². The molecule has 1 atom stereocenters. The Morgan fingerprint density at radius 1 is 1.21 bits per heavy atom. The first-order valence-electron chi connectivity index (χ1n) is 13.7. The fourth-order valence-electron chi connectivity index (χ4n) is 5.58. The molecule has 2 aliphatic rings. The first kappa shape index (κ1) is 27.9. The van der Waals surface area contributed by atoms with Gasteiger partial charge in [0.05, 0.1) is 34.2 Å². The molecular weight excluding hydrogens is 563 g/mol. The second-order valence-corrected chi connectivity index (χ2v) is 11.3. The van der Waals surface area contributed by atoms with Crippen molar-refractivity contribution in [1.29, 1.82) is 0 Å². The van der Waals surface area contributed by atoms with Gasteiger partial charge in [0, 0.05) is 43.5 Å². The van der Waals surface area contributed by atoms with Crippen molar-refractivity contribution in [3.05, 3.63) is 81.6 Å². The fourth-order valence-corrected chi connectivity index (χ4v) is 5.85. The van der Waals surface area contributed by atoms with E-state index >= 15 is 0 Å². The van der Waals surface area contributed by atoms with Gasteiger partial charge in [0.1, 0.15) is 18.0 Å². The Labute approximate surface area is 246 Å². The van der Waals surface area contributed by atoms with Crippen LogP contribution in [0.3, 0.4) is 0 Å². The summed E-state index contributed by atoms with van der Waals surface area (Å²) in [5, 5.41) is 10.3. The normalized spacial score (nSPS) is 17.2. The molecule has 5 heterocycles. The second-order valence-electron chi connectivity index (χ2n) is 10.9. The summed E-state index contributed by atoms with van der Waals surface area (Å²) >= 11 is 6.73. The third-order valence-corrected chi connectivity index (χ3v) is 8.36. The van der Waals surface area contributed by atoms with E-state index in [2.05, 4.69) is 38.8 Å². The summed E-state index contributed by atoms with van der Waals surface area (Å²) in [4.78, 5) is 40.3. The van der Waals surface area contributed by atoms with Crippen molar-refractivity contribution in [2.75, 3.05) is 50.1 Å². The van der Waals surface area contributed by atoms with Gasteiger partial charge in [-0.3, -0.25) is 4.79 Å². The highest BCUT2D eigenvalue weighted by Gasteiger charge is 2.30. The quantitative estimate of drug-likeness (QED) is 0.324. The number of carbonyl (C=O) groups is 1. The lowest BCUT2D eigenvalue weighted by Gasteiger charge is -2.43. The van der Waals surface area contributed by atoms with Crippen LogP contribution in [-0.4, -0.2) is 82.9 Å². The van der Waals surface area contributed by atoms with Gasteiger partial charge in [0.25, 0.3) is 0 Å². The maximum atomic E-state index is 14.1. The number of halogens is 2. The Morgan fingerprint density at radius 2 is 2.02 bits per heavy atom. The number of likely N-dealkylation sites (N-methyl/N-ethyl adjacent to an activating group) is 1. The molecule has 10 nitrogen and oxygen atoms in total. The molecule has 12 heteroatoms. The summed E-state index contributed by atoms with van der Waals surface area (Å²) < 4.78 is 21.5. The summed E-state index contributed by atoms with van der Waals surface area (Å²) in [7, 11) is 4.11. The van der Waals surface area contributed by atoms with Crippen LogP contribution >= 0.6 is 11.6 Å². The van der Waals surface area contributed by atoms with Gasteiger partial charge in [-0.15, -0.1) is 0 Å². The molecule has 0 aliphatic carbocycles. The van der Waals surface area contributed by atoms with Gasteiger partial charge >= 0.3 is 5.97 Å². The number of fused-ring (bicyclic) bond motifs is 1. The summed E-state index contributed by atoms with van der Waals surface area (Å²) in [6, 6.07) is 10.2. The maximum absolute atomic E-state index is 14.1. The Morgan fingerprint density at radius 3 is 2.71 bits per heavy atom. The van der Waals surface area contributed by atoms with E-state index in [9.17, 15) is 19.1 Å². The molecule has 42 heavy (non-hydrogen) atoms. The average Bonchev–Trinajstić information content (AvgIpc) is 3.40. The van der Waals surface area contributed by atoms with E-state index in [1.807, 2.05) is 12.1 Å². The lowest BCUT2D eigenvalue weighted by atomic mass is 10.1. The Bertz CT molecular complexity index is 1710. The van der Waals surface area contributed by atoms with E-state index in [1.54, 1.807) is 16.8 Å². The number of rotatable bonds is 8. The van der Waals surface area contributed by atoms with E-state index in [4.69, 9.17) is 16.3 Å². The molecule has 2 aliphatic heterocycles. The van der Waals surface area contributed by atoms with Crippen molar-refractivity contribution in [3.63, 3.8) is 0 Å². The number of aromatic nitrogens is 3. The van der Waals surface area contributed by atoms with Crippen LogP contribution in [0.25, 0.3) is 16.6 Å². The van der Waals surface area contributed by atoms with Crippen molar-refractivity contribution < 1.29 is 19.0 Å². The van der Waals surface area contributed by atoms with Gasteiger partial charge < -0.3 is 29.1 Å². The average molecular weight is 593 g/mol. The molecule has 218 valence electrons. The summed E-state index contributed by atoms with van der Waals surface area (Å²) in [6.07, 6.45) is 6.15. The van der Waals surface area contributed by atoms with Gasteiger partial charge in [-0.2, -0.15) is 0 Å². The van der Waals surface area contributed by atoms with Crippen LogP contribution in [0.1, 0.15) is 23.2 Å². The Hall–Kier alpha value is -4.22. The van der Waals surface area contributed by atoms with Crippen LogP contribution in [0.15, 0.2) is 59.8 Å². The van der Waals surface area contributed by atoms with Gasteiger partial charge in [-0.25, -0.2) is 19.2 Å². The zero-order valence-electron chi connectivity index (χ0n) is 23.2. The zero-order valence-corrected chi connectivity index (χ0v) is 24.0. The van der Waals surface area contributed by atoms with Crippen LogP contribution in [0.5, 0.6) is 5.88 Å². The number of hydrogen-bond donors (Lipinski definition) is 1. The molecular formula is C30H30ClFN6O4. The monoisotopic (exact) mass is 592 g/mol. The molecule has 2 saturated heterocycles. The lowest BCUT2D eigenvalue weighted by molar-refractivity contribution is 0.0695.